The van der Waals surface area contributed by atoms with Crippen molar-refractivity contribution in [2.75, 3.05) is 12.4 Å². The van der Waals surface area contributed by atoms with Gasteiger partial charge < -0.3 is 10.1 Å². The number of hydrogen-bond donors (Lipinski definition) is 1. The Labute approximate surface area is 147 Å². The van der Waals surface area contributed by atoms with Crippen LogP contribution in [0.3, 0.4) is 0 Å². The molecule has 1 amide bonds. The van der Waals surface area contributed by atoms with E-state index in [0.717, 1.165) is 16.8 Å². The van der Waals surface area contributed by atoms with Crippen molar-refractivity contribution in [1.29, 1.82) is 0 Å². The van der Waals surface area contributed by atoms with E-state index in [9.17, 15) is 4.79 Å². The number of hydrogen-bond acceptors (Lipinski definition) is 3. The maximum absolute atomic E-state index is 12.2. The summed E-state index contributed by atoms with van der Waals surface area (Å²) in [4.78, 5) is 12.2. The van der Waals surface area contributed by atoms with Crippen LogP contribution in [-0.4, -0.2) is 22.8 Å². The molecule has 0 saturated heterocycles. The number of methoxy groups -OCH3 is 1. The van der Waals surface area contributed by atoms with Crippen molar-refractivity contribution in [3.05, 3.63) is 72.1 Å². The third-order valence-electron chi connectivity index (χ3n) is 3.93. The number of amides is 1. The molecule has 128 valence electrons. The molecular weight excluding hydrogens is 314 g/mol. The van der Waals surface area contributed by atoms with Gasteiger partial charge in [-0.15, -0.1) is 0 Å². The minimum absolute atomic E-state index is 0.0450. The first-order valence-corrected chi connectivity index (χ1v) is 8.19. The lowest BCUT2D eigenvalue weighted by atomic mass is 10.1. The van der Waals surface area contributed by atoms with Gasteiger partial charge in [0.15, 0.2) is 0 Å². The monoisotopic (exact) mass is 335 g/mol. The number of anilines is 1. The molecule has 0 aliphatic rings. The fourth-order valence-electron chi connectivity index (χ4n) is 2.60. The maximum atomic E-state index is 12.2. The number of carbonyl (C=O) groups is 1. The molecule has 0 radical (unpaired) electrons. The van der Waals surface area contributed by atoms with Crippen molar-refractivity contribution in [3.63, 3.8) is 0 Å². The summed E-state index contributed by atoms with van der Waals surface area (Å²) in [6.07, 6.45) is 4.77. The number of nitrogens with zero attached hydrogens (tertiary/aromatic N) is 2. The van der Waals surface area contributed by atoms with Crippen LogP contribution >= 0.6 is 0 Å². The van der Waals surface area contributed by atoms with Gasteiger partial charge in [0.05, 0.1) is 24.7 Å². The summed E-state index contributed by atoms with van der Waals surface area (Å²) >= 11 is 0. The van der Waals surface area contributed by atoms with Gasteiger partial charge >= 0.3 is 0 Å². The Morgan fingerprint density at radius 1 is 1.20 bits per heavy atom. The number of aryl methyl sites for hydroxylation is 2. The van der Waals surface area contributed by atoms with Gasteiger partial charge in [0.1, 0.15) is 5.75 Å². The highest BCUT2D eigenvalue weighted by Crippen LogP contribution is 2.25. The lowest BCUT2D eigenvalue weighted by molar-refractivity contribution is -0.116. The van der Waals surface area contributed by atoms with Gasteiger partial charge in [-0.3, -0.25) is 4.79 Å². The molecule has 2 aromatic carbocycles. The Morgan fingerprint density at radius 2 is 2.00 bits per heavy atom. The quantitative estimate of drug-likeness (QED) is 0.746. The lowest BCUT2D eigenvalue weighted by Crippen LogP contribution is -2.13. The van der Waals surface area contributed by atoms with Crippen LogP contribution in [0.4, 0.5) is 5.69 Å². The third-order valence-corrected chi connectivity index (χ3v) is 3.93. The average molecular weight is 335 g/mol. The van der Waals surface area contributed by atoms with E-state index in [-0.39, 0.29) is 5.91 Å². The summed E-state index contributed by atoms with van der Waals surface area (Å²) in [5, 5.41) is 7.27. The van der Waals surface area contributed by atoms with E-state index >= 15 is 0 Å². The van der Waals surface area contributed by atoms with Gasteiger partial charge in [0.25, 0.3) is 0 Å². The molecule has 0 spiro atoms. The Hall–Kier alpha value is -3.08. The first kappa shape index (κ1) is 16.8. The van der Waals surface area contributed by atoms with E-state index in [4.69, 9.17) is 4.74 Å². The molecule has 0 saturated carbocycles. The predicted octanol–water partition coefficient (Wildman–Crippen LogP) is 3.76. The molecule has 25 heavy (non-hydrogen) atoms. The number of rotatable bonds is 6. The molecule has 0 aliphatic carbocycles. The van der Waals surface area contributed by atoms with E-state index in [0.29, 0.717) is 24.3 Å². The largest absolute Gasteiger partial charge is 0.495 e. The lowest BCUT2D eigenvalue weighted by Gasteiger charge is -2.10. The van der Waals surface area contributed by atoms with Crippen LogP contribution in [-0.2, 0) is 11.2 Å². The van der Waals surface area contributed by atoms with E-state index in [1.807, 2.05) is 66.3 Å². The molecule has 5 heteroatoms. The van der Waals surface area contributed by atoms with Crippen molar-refractivity contribution >= 4 is 11.6 Å². The molecule has 0 aliphatic heterocycles. The molecule has 0 atom stereocenters. The van der Waals surface area contributed by atoms with E-state index < -0.39 is 0 Å². The molecule has 1 N–H and O–H groups in total. The average Bonchev–Trinajstić information content (AvgIpc) is 3.10. The fraction of sp³-hybridized carbons (Fsp3) is 0.200. The zero-order valence-corrected chi connectivity index (χ0v) is 14.4. The van der Waals surface area contributed by atoms with Crippen molar-refractivity contribution < 1.29 is 9.53 Å². The van der Waals surface area contributed by atoms with Gasteiger partial charge in [-0.1, -0.05) is 24.3 Å². The Morgan fingerprint density at radius 3 is 2.76 bits per heavy atom. The molecule has 1 aromatic heterocycles. The number of nitrogens with one attached hydrogen (secondary N) is 1. The Balaban J connectivity index is 1.60. The molecule has 3 rings (SSSR count). The minimum atomic E-state index is -0.0450. The summed E-state index contributed by atoms with van der Waals surface area (Å²) in [7, 11) is 1.60. The topological polar surface area (TPSA) is 56.1 Å². The fourth-order valence-corrected chi connectivity index (χ4v) is 2.60. The zero-order valence-electron chi connectivity index (χ0n) is 14.4. The number of carbonyl (C=O) groups excluding carboxylic acids is 1. The molecule has 1 heterocycles. The maximum Gasteiger partial charge on any atom is 0.224 e. The number of ether oxygens (including phenoxy) is 1. The molecular formula is C20H21N3O2. The second kappa shape index (κ2) is 7.66. The highest BCUT2D eigenvalue weighted by Gasteiger charge is 2.09. The molecule has 0 unspecified atom stereocenters. The Kier molecular flexibility index (Phi) is 5.14. The van der Waals surface area contributed by atoms with Gasteiger partial charge in [-0.25, -0.2) is 4.68 Å². The SMILES string of the molecule is COc1ccc(C)cc1NC(=O)CCc1cnn(-c2ccccc2)c1. The second-order valence-electron chi connectivity index (χ2n) is 5.88. The highest BCUT2D eigenvalue weighted by atomic mass is 16.5. The van der Waals surface area contributed by atoms with E-state index in [2.05, 4.69) is 10.4 Å². The smallest absolute Gasteiger partial charge is 0.224 e. The standard InChI is InChI=1S/C20H21N3O2/c1-15-8-10-19(25-2)18(12-15)22-20(24)11-9-16-13-21-23(14-16)17-6-4-3-5-7-17/h3-8,10,12-14H,9,11H2,1-2H3,(H,22,24). The zero-order chi connectivity index (χ0) is 17.6. The van der Waals surface area contributed by atoms with Crippen LogP contribution in [0, 0.1) is 6.92 Å². The summed E-state index contributed by atoms with van der Waals surface area (Å²) < 4.78 is 7.10. The molecule has 0 bridgehead atoms. The van der Waals surface area contributed by atoms with Crippen LogP contribution in [0.1, 0.15) is 17.5 Å². The predicted molar refractivity (Wildman–Crippen MR) is 98.2 cm³/mol. The first-order valence-electron chi connectivity index (χ1n) is 8.19. The Bertz CT molecular complexity index is 856. The first-order chi connectivity index (χ1) is 12.2. The van der Waals surface area contributed by atoms with E-state index in [1.165, 1.54) is 0 Å². The number of aromatic nitrogens is 2. The normalized spacial score (nSPS) is 10.5. The van der Waals surface area contributed by atoms with Crippen LogP contribution in [0.25, 0.3) is 5.69 Å². The van der Waals surface area contributed by atoms with Crippen LogP contribution in [0.2, 0.25) is 0 Å². The van der Waals surface area contributed by atoms with Gasteiger partial charge in [0.2, 0.25) is 5.91 Å². The van der Waals surface area contributed by atoms with Crippen molar-refractivity contribution in [3.8, 4) is 11.4 Å². The van der Waals surface area contributed by atoms with Crippen molar-refractivity contribution in [1.82, 2.24) is 9.78 Å². The highest BCUT2D eigenvalue weighted by molar-refractivity contribution is 5.92. The third kappa shape index (κ3) is 4.26. The van der Waals surface area contributed by atoms with Crippen molar-refractivity contribution in [2.24, 2.45) is 0 Å². The molecule has 0 fully saturated rings. The number of benzene rings is 2. The van der Waals surface area contributed by atoms with Gasteiger partial charge in [0, 0.05) is 12.6 Å². The second-order valence-corrected chi connectivity index (χ2v) is 5.88. The summed E-state index contributed by atoms with van der Waals surface area (Å²) in [6.45, 7) is 1.98. The van der Waals surface area contributed by atoms with Gasteiger partial charge in [-0.05, 0) is 48.7 Å². The number of para-hydroxylation sites is 1. The summed E-state index contributed by atoms with van der Waals surface area (Å²) in [5.41, 5.74) is 3.80. The summed E-state index contributed by atoms with van der Waals surface area (Å²) in [5.74, 6) is 0.618. The van der Waals surface area contributed by atoms with Crippen LogP contribution < -0.4 is 10.1 Å². The van der Waals surface area contributed by atoms with Crippen LogP contribution in [0.5, 0.6) is 5.75 Å². The summed E-state index contributed by atoms with van der Waals surface area (Å²) in [6, 6.07) is 15.6. The molecule has 5 nitrogen and oxygen atoms in total. The molecule has 3 aromatic rings. The minimum Gasteiger partial charge on any atom is -0.495 e. The van der Waals surface area contributed by atoms with Crippen molar-refractivity contribution in [2.45, 2.75) is 19.8 Å². The van der Waals surface area contributed by atoms with Crippen LogP contribution in [0.15, 0.2) is 60.9 Å². The van der Waals surface area contributed by atoms with Gasteiger partial charge in [-0.2, -0.15) is 5.10 Å². The van der Waals surface area contributed by atoms with E-state index in [1.54, 1.807) is 13.3 Å².